The molecule has 0 spiro atoms. The Labute approximate surface area is 133 Å². The molecule has 3 rings (SSSR count). The first kappa shape index (κ1) is 15.3. The van der Waals surface area contributed by atoms with Crippen molar-refractivity contribution in [3.8, 4) is 5.75 Å². The van der Waals surface area contributed by atoms with E-state index in [1.54, 1.807) is 6.07 Å². The third kappa shape index (κ3) is 3.11. The van der Waals surface area contributed by atoms with Crippen molar-refractivity contribution >= 4 is 22.6 Å². The molecule has 0 radical (unpaired) electrons. The second-order valence-electron chi connectivity index (χ2n) is 5.84. The summed E-state index contributed by atoms with van der Waals surface area (Å²) < 4.78 is 10.9. The summed E-state index contributed by atoms with van der Waals surface area (Å²) in [7, 11) is 0. The third-order valence-corrected chi connectivity index (χ3v) is 4.09. The van der Waals surface area contributed by atoms with Crippen molar-refractivity contribution in [3.63, 3.8) is 0 Å². The van der Waals surface area contributed by atoms with E-state index in [1.165, 1.54) is 12.1 Å². The van der Waals surface area contributed by atoms with Crippen molar-refractivity contribution in [3.05, 3.63) is 39.2 Å². The molecule has 1 aliphatic heterocycles. The zero-order chi connectivity index (χ0) is 15.9. The van der Waals surface area contributed by atoms with Gasteiger partial charge in [-0.3, -0.25) is 4.90 Å². The van der Waals surface area contributed by atoms with Gasteiger partial charge in [-0.25, -0.2) is 4.79 Å². The van der Waals surface area contributed by atoms with Gasteiger partial charge in [0.25, 0.3) is 0 Å². The van der Waals surface area contributed by atoms with E-state index in [-0.39, 0.29) is 23.0 Å². The lowest BCUT2D eigenvalue weighted by Gasteiger charge is -2.35. The van der Waals surface area contributed by atoms with Gasteiger partial charge < -0.3 is 14.3 Å². The lowest BCUT2D eigenvalue weighted by molar-refractivity contribution is -0.0704. The third-order valence-electron chi connectivity index (χ3n) is 3.79. The number of halogens is 1. The van der Waals surface area contributed by atoms with Gasteiger partial charge in [0.15, 0.2) is 0 Å². The molecule has 1 saturated heterocycles. The smallest absolute Gasteiger partial charge is 0.336 e. The fraction of sp³-hybridized carbons (Fsp3) is 0.438. The largest absolute Gasteiger partial charge is 0.506 e. The molecule has 1 N–H and O–H groups in total. The first-order valence-electron chi connectivity index (χ1n) is 7.25. The highest BCUT2D eigenvalue weighted by molar-refractivity contribution is 6.32. The van der Waals surface area contributed by atoms with Crippen LogP contribution in [0.1, 0.15) is 19.4 Å². The molecule has 2 heterocycles. The summed E-state index contributed by atoms with van der Waals surface area (Å²) in [6, 6.07) is 4.51. The summed E-state index contributed by atoms with van der Waals surface area (Å²) in [5, 5.41) is 10.7. The number of phenols is 1. The average molecular weight is 324 g/mol. The monoisotopic (exact) mass is 323 g/mol. The molecule has 1 aliphatic rings. The van der Waals surface area contributed by atoms with Crippen molar-refractivity contribution in [2.24, 2.45) is 0 Å². The molecular formula is C16H18ClNO4. The van der Waals surface area contributed by atoms with Crippen LogP contribution in [0.3, 0.4) is 0 Å². The molecule has 1 aromatic heterocycles. The van der Waals surface area contributed by atoms with Crippen molar-refractivity contribution in [1.82, 2.24) is 4.90 Å². The summed E-state index contributed by atoms with van der Waals surface area (Å²) in [5.41, 5.74) is 0.756. The predicted octanol–water partition coefficient (Wildman–Crippen LogP) is 2.76. The number of phenolic OH excluding ortho intramolecular Hbond substituents is 1. The van der Waals surface area contributed by atoms with Gasteiger partial charge in [0.2, 0.25) is 0 Å². The van der Waals surface area contributed by atoms with Crippen LogP contribution < -0.4 is 5.63 Å². The van der Waals surface area contributed by atoms with E-state index in [0.29, 0.717) is 12.1 Å². The Morgan fingerprint density at radius 2 is 1.95 bits per heavy atom. The number of benzene rings is 1. The highest BCUT2D eigenvalue weighted by Crippen LogP contribution is 2.30. The van der Waals surface area contributed by atoms with E-state index < -0.39 is 5.63 Å². The van der Waals surface area contributed by atoms with Crippen LogP contribution in [0.25, 0.3) is 11.0 Å². The highest BCUT2D eigenvalue weighted by Gasteiger charge is 2.23. The molecule has 6 heteroatoms. The fourth-order valence-corrected chi connectivity index (χ4v) is 3.18. The van der Waals surface area contributed by atoms with Crippen LogP contribution in [0.2, 0.25) is 5.02 Å². The summed E-state index contributed by atoms with van der Waals surface area (Å²) in [6.07, 6.45) is 0.311. The second kappa shape index (κ2) is 5.91. The summed E-state index contributed by atoms with van der Waals surface area (Å²) >= 11 is 5.99. The van der Waals surface area contributed by atoms with Crippen LogP contribution in [0, 0.1) is 0 Å². The zero-order valence-corrected chi connectivity index (χ0v) is 13.3. The minimum Gasteiger partial charge on any atom is -0.506 e. The molecular weight excluding hydrogens is 306 g/mol. The Kier molecular flexibility index (Phi) is 4.12. The van der Waals surface area contributed by atoms with Crippen LogP contribution in [0.15, 0.2) is 27.4 Å². The highest BCUT2D eigenvalue weighted by atomic mass is 35.5. The van der Waals surface area contributed by atoms with Gasteiger partial charge in [0.05, 0.1) is 17.2 Å². The Bertz CT molecular complexity index is 748. The van der Waals surface area contributed by atoms with E-state index in [9.17, 15) is 9.90 Å². The van der Waals surface area contributed by atoms with Gasteiger partial charge in [0.1, 0.15) is 11.3 Å². The van der Waals surface area contributed by atoms with Crippen molar-refractivity contribution in [2.45, 2.75) is 32.6 Å². The van der Waals surface area contributed by atoms with E-state index in [0.717, 1.165) is 24.0 Å². The molecule has 5 nitrogen and oxygen atoms in total. The maximum absolute atomic E-state index is 11.7. The molecule has 0 unspecified atom stereocenters. The second-order valence-corrected chi connectivity index (χ2v) is 6.25. The molecule has 1 aromatic carbocycles. The number of hydrogen-bond acceptors (Lipinski definition) is 5. The summed E-state index contributed by atoms with van der Waals surface area (Å²) in [4.78, 5) is 14.0. The summed E-state index contributed by atoms with van der Waals surface area (Å²) in [5.74, 6) is -0.0944. The zero-order valence-electron chi connectivity index (χ0n) is 12.5. The molecule has 2 atom stereocenters. The normalized spacial score (nSPS) is 23.0. The Morgan fingerprint density at radius 3 is 2.64 bits per heavy atom. The number of aromatic hydroxyl groups is 1. The maximum Gasteiger partial charge on any atom is 0.336 e. The molecule has 0 saturated carbocycles. The number of fused-ring (bicyclic) bond motifs is 1. The number of ether oxygens (including phenoxy) is 1. The van der Waals surface area contributed by atoms with E-state index in [4.69, 9.17) is 20.8 Å². The van der Waals surface area contributed by atoms with Crippen LogP contribution >= 0.6 is 11.6 Å². The SMILES string of the molecule is C[C@@H]1CN(Cc2cc(=O)oc3cc(O)c(Cl)cc23)C[C@H](C)O1. The maximum atomic E-state index is 11.7. The molecule has 2 aromatic rings. The molecule has 118 valence electrons. The summed E-state index contributed by atoms with van der Waals surface area (Å²) in [6.45, 7) is 6.29. The Morgan fingerprint density at radius 1 is 1.27 bits per heavy atom. The molecule has 0 amide bonds. The average Bonchev–Trinajstić information content (AvgIpc) is 2.39. The van der Waals surface area contributed by atoms with Crippen LogP contribution in [0.4, 0.5) is 0 Å². The van der Waals surface area contributed by atoms with Crippen molar-refractivity contribution < 1.29 is 14.3 Å². The number of nitrogens with zero attached hydrogens (tertiary/aromatic N) is 1. The first-order chi connectivity index (χ1) is 10.4. The molecule has 0 aliphatic carbocycles. The van der Waals surface area contributed by atoms with E-state index in [1.807, 2.05) is 13.8 Å². The quantitative estimate of drug-likeness (QED) is 0.861. The minimum atomic E-state index is -0.432. The van der Waals surface area contributed by atoms with Gasteiger partial charge in [-0.15, -0.1) is 0 Å². The van der Waals surface area contributed by atoms with Crippen molar-refractivity contribution in [1.29, 1.82) is 0 Å². The minimum absolute atomic E-state index is 0.0944. The number of rotatable bonds is 2. The predicted molar refractivity (Wildman–Crippen MR) is 84.4 cm³/mol. The Hall–Kier alpha value is -1.56. The lowest BCUT2D eigenvalue weighted by Crippen LogP contribution is -2.44. The van der Waals surface area contributed by atoms with Gasteiger partial charge in [0, 0.05) is 37.2 Å². The molecule has 1 fully saturated rings. The number of morpholine rings is 1. The van der Waals surface area contributed by atoms with Gasteiger partial charge in [-0.05, 0) is 25.5 Å². The van der Waals surface area contributed by atoms with Gasteiger partial charge in [-0.2, -0.15) is 0 Å². The van der Waals surface area contributed by atoms with Crippen LogP contribution in [-0.4, -0.2) is 35.3 Å². The van der Waals surface area contributed by atoms with E-state index >= 15 is 0 Å². The topological polar surface area (TPSA) is 62.9 Å². The van der Waals surface area contributed by atoms with Gasteiger partial charge in [-0.1, -0.05) is 11.6 Å². The van der Waals surface area contributed by atoms with Crippen molar-refractivity contribution in [2.75, 3.05) is 13.1 Å². The first-order valence-corrected chi connectivity index (χ1v) is 7.63. The molecule has 22 heavy (non-hydrogen) atoms. The fourth-order valence-electron chi connectivity index (χ4n) is 3.02. The number of hydrogen-bond donors (Lipinski definition) is 1. The van der Waals surface area contributed by atoms with Crippen LogP contribution in [0.5, 0.6) is 5.75 Å². The van der Waals surface area contributed by atoms with Gasteiger partial charge >= 0.3 is 5.63 Å². The Balaban J connectivity index is 1.99. The standard InChI is InChI=1S/C16H18ClNO4/c1-9-6-18(7-10(2)21-9)8-11-3-16(20)22-15-5-14(19)13(17)4-12(11)15/h3-5,9-10,19H,6-8H2,1-2H3/t9-,10+. The van der Waals surface area contributed by atoms with Crippen LogP contribution in [-0.2, 0) is 11.3 Å². The van der Waals surface area contributed by atoms with E-state index in [2.05, 4.69) is 4.90 Å². The molecule has 0 bridgehead atoms. The lowest BCUT2D eigenvalue weighted by atomic mass is 10.1.